The van der Waals surface area contributed by atoms with Crippen LogP contribution in [0.1, 0.15) is 11.4 Å². The van der Waals surface area contributed by atoms with E-state index in [2.05, 4.69) is 26.1 Å². The van der Waals surface area contributed by atoms with E-state index in [-0.39, 0.29) is 12.4 Å². The maximum atomic E-state index is 12.2. The minimum Gasteiger partial charge on any atom is -0.484 e. The number of rotatable bonds is 7. The molecule has 1 heterocycles. The van der Waals surface area contributed by atoms with Crippen molar-refractivity contribution >= 4 is 34.3 Å². The summed E-state index contributed by atoms with van der Waals surface area (Å²) in [6.07, 6.45) is -3.10. The van der Waals surface area contributed by atoms with Gasteiger partial charge in [-0.05, 0) is 60.2 Å². The van der Waals surface area contributed by atoms with E-state index in [0.29, 0.717) is 22.8 Å². The Labute approximate surface area is 197 Å². The number of nitrogens with zero attached hydrogens (tertiary/aromatic N) is 2. The molecular weight excluding hydrogens is 461 g/mol. The number of aromatic nitrogens is 2. The summed E-state index contributed by atoms with van der Waals surface area (Å²) in [4.78, 5) is 19.6. The van der Waals surface area contributed by atoms with Crippen molar-refractivity contribution in [2.75, 3.05) is 11.9 Å². The predicted molar refractivity (Wildman–Crippen MR) is 123 cm³/mol. The van der Waals surface area contributed by atoms with Crippen LogP contribution in [-0.4, -0.2) is 28.8 Å². The van der Waals surface area contributed by atoms with Crippen LogP contribution in [0.15, 0.2) is 72.8 Å². The highest BCUT2D eigenvalue weighted by atomic mass is 19.4. The molecule has 0 aliphatic heterocycles. The van der Waals surface area contributed by atoms with Crippen molar-refractivity contribution < 1.29 is 27.4 Å². The third-order valence-corrected chi connectivity index (χ3v) is 4.70. The van der Waals surface area contributed by atoms with Crippen molar-refractivity contribution in [1.29, 1.82) is 5.26 Å². The Hall–Kier alpha value is -4.78. The van der Waals surface area contributed by atoms with Crippen LogP contribution in [0.4, 0.5) is 18.9 Å². The molecule has 35 heavy (non-hydrogen) atoms. The van der Waals surface area contributed by atoms with E-state index in [0.717, 1.165) is 28.7 Å². The number of benzene rings is 3. The Morgan fingerprint density at radius 1 is 1.03 bits per heavy atom. The minimum atomic E-state index is -4.78. The second kappa shape index (κ2) is 10.0. The number of fused-ring (bicyclic) bond motifs is 1. The number of hydrogen-bond acceptors (Lipinski definition) is 5. The van der Waals surface area contributed by atoms with Gasteiger partial charge in [-0.3, -0.25) is 4.79 Å². The highest BCUT2D eigenvalue weighted by molar-refractivity contribution is 5.92. The molecule has 0 aliphatic carbocycles. The monoisotopic (exact) mass is 478 g/mol. The Kier molecular flexibility index (Phi) is 6.69. The Bertz CT molecular complexity index is 1370. The number of halogens is 3. The summed E-state index contributed by atoms with van der Waals surface area (Å²) in [6, 6.07) is 21.1. The number of allylic oxidation sites excluding steroid dienone is 1. The molecule has 0 radical (unpaired) electrons. The fourth-order valence-electron chi connectivity index (χ4n) is 3.15. The van der Waals surface area contributed by atoms with Gasteiger partial charge >= 0.3 is 6.36 Å². The molecule has 0 fully saturated rings. The standard InChI is InChI=1S/C25H17F3N4O3/c26-25(27,28)35-20-11-7-18(8-12-20)30-23(33)15-34-19-9-5-16(6-10-19)13-17(14-29)24-31-21-3-1-2-4-22(21)32-24/h1-13H,15H2,(H,30,33)(H,31,32)/b17-13+. The zero-order valence-electron chi connectivity index (χ0n) is 18.0. The van der Waals surface area contributed by atoms with Gasteiger partial charge in [0.05, 0.1) is 16.6 Å². The largest absolute Gasteiger partial charge is 0.573 e. The van der Waals surface area contributed by atoms with Crippen molar-refractivity contribution in [3.05, 3.63) is 84.2 Å². The summed E-state index contributed by atoms with van der Waals surface area (Å²) in [6.45, 7) is -0.307. The van der Waals surface area contributed by atoms with E-state index in [1.807, 2.05) is 24.3 Å². The SMILES string of the molecule is N#C/C(=C\c1ccc(OCC(=O)Nc2ccc(OC(F)(F)F)cc2)cc1)c1nc2ccccc2[nH]1. The molecule has 1 amide bonds. The van der Waals surface area contributed by atoms with Crippen LogP contribution in [0.2, 0.25) is 0 Å². The van der Waals surface area contributed by atoms with Crippen molar-refractivity contribution in [2.45, 2.75) is 6.36 Å². The van der Waals surface area contributed by atoms with Crippen LogP contribution < -0.4 is 14.8 Å². The lowest BCUT2D eigenvalue weighted by Crippen LogP contribution is -2.20. The summed E-state index contributed by atoms with van der Waals surface area (Å²) in [5.74, 6) is 0.00745. The van der Waals surface area contributed by atoms with Crippen LogP contribution in [0.3, 0.4) is 0 Å². The lowest BCUT2D eigenvalue weighted by molar-refractivity contribution is -0.274. The van der Waals surface area contributed by atoms with E-state index < -0.39 is 12.3 Å². The maximum absolute atomic E-state index is 12.2. The van der Waals surface area contributed by atoms with Crippen LogP contribution in [0.5, 0.6) is 11.5 Å². The predicted octanol–water partition coefficient (Wildman–Crippen LogP) is 5.54. The lowest BCUT2D eigenvalue weighted by Gasteiger charge is -2.10. The van der Waals surface area contributed by atoms with Gasteiger partial charge in [-0.15, -0.1) is 13.2 Å². The second-order valence-electron chi connectivity index (χ2n) is 7.25. The van der Waals surface area contributed by atoms with E-state index in [1.54, 1.807) is 30.3 Å². The average molecular weight is 478 g/mol. The molecule has 0 spiro atoms. The number of ether oxygens (including phenoxy) is 2. The first-order valence-corrected chi connectivity index (χ1v) is 10.2. The fraction of sp³-hybridized carbons (Fsp3) is 0.0800. The highest BCUT2D eigenvalue weighted by Gasteiger charge is 2.30. The molecule has 1 aromatic heterocycles. The number of para-hydroxylation sites is 2. The van der Waals surface area contributed by atoms with E-state index in [1.165, 1.54) is 12.1 Å². The number of imidazole rings is 1. The smallest absolute Gasteiger partial charge is 0.484 e. The molecule has 4 rings (SSSR count). The van der Waals surface area contributed by atoms with Gasteiger partial charge < -0.3 is 19.8 Å². The average Bonchev–Trinajstić information content (AvgIpc) is 3.26. The van der Waals surface area contributed by atoms with Crippen molar-refractivity contribution in [3.8, 4) is 17.6 Å². The first kappa shape index (κ1) is 23.4. The number of aromatic amines is 1. The molecule has 0 saturated heterocycles. The molecule has 10 heteroatoms. The van der Waals surface area contributed by atoms with Gasteiger partial charge in [0.1, 0.15) is 23.4 Å². The first-order chi connectivity index (χ1) is 16.8. The summed E-state index contributed by atoms with van der Waals surface area (Å²) in [7, 11) is 0. The number of nitriles is 1. The fourth-order valence-corrected chi connectivity index (χ4v) is 3.15. The van der Waals surface area contributed by atoms with E-state index in [4.69, 9.17) is 4.74 Å². The molecule has 7 nitrogen and oxygen atoms in total. The molecule has 0 saturated carbocycles. The Balaban J connectivity index is 1.33. The third kappa shape index (κ3) is 6.39. The van der Waals surface area contributed by atoms with Gasteiger partial charge in [0.25, 0.3) is 5.91 Å². The molecule has 0 bridgehead atoms. The van der Waals surface area contributed by atoms with Gasteiger partial charge in [-0.25, -0.2) is 4.98 Å². The molecule has 0 unspecified atom stereocenters. The number of amides is 1. The van der Waals surface area contributed by atoms with Crippen LogP contribution >= 0.6 is 0 Å². The summed E-state index contributed by atoms with van der Waals surface area (Å²) in [5.41, 5.74) is 2.98. The molecule has 4 aromatic rings. The number of H-pyrrole nitrogens is 1. The minimum absolute atomic E-state index is 0.295. The Morgan fingerprint density at radius 2 is 1.71 bits per heavy atom. The maximum Gasteiger partial charge on any atom is 0.573 e. The molecular formula is C25H17F3N4O3. The lowest BCUT2D eigenvalue weighted by atomic mass is 10.1. The van der Waals surface area contributed by atoms with Crippen molar-refractivity contribution in [3.63, 3.8) is 0 Å². The highest BCUT2D eigenvalue weighted by Crippen LogP contribution is 2.24. The zero-order chi connectivity index (χ0) is 24.8. The number of alkyl halides is 3. The number of nitrogens with one attached hydrogen (secondary N) is 2. The van der Waals surface area contributed by atoms with Crippen molar-refractivity contribution in [2.24, 2.45) is 0 Å². The van der Waals surface area contributed by atoms with Crippen LogP contribution in [0.25, 0.3) is 22.7 Å². The Morgan fingerprint density at radius 3 is 2.37 bits per heavy atom. The first-order valence-electron chi connectivity index (χ1n) is 10.2. The second-order valence-corrected chi connectivity index (χ2v) is 7.25. The summed E-state index contributed by atoms with van der Waals surface area (Å²) < 4.78 is 45.9. The van der Waals surface area contributed by atoms with E-state index in [9.17, 15) is 23.2 Å². The van der Waals surface area contributed by atoms with Crippen LogP contribution in [0, 0.1) is 11.3 Å². The van der Waals surface area contributed by atoms with Gasteiger partial charge in [0, 0.05) is 5.69 Å². The zero-order valence-corrected chi connectivity index (χ0v) is 18.0. The molecule has 3 aromatic carbocycles. The molecule has 2 N–H and O–H groups in total. The van der Waals surface area contributed by atoms with Gasteiger partial charge in [-0.2, -0.15) is 5.26 Å². The number of carbonyl (C=O) groups excluding carboxylic acids is 1. The molecule has 0 aliphatic rings. The van der Waals surface area contributed by atoms with Gasteiger partial charge in [0.2, 0.25) is 0 Å². The summed E-state index contributed by atoms with van der Waals surface area (Å²) >= 11 is 0. The van der Waals surface area contributed by atoms with Crippen LogP contribution in [-0.2, 0) is 4.79 Å². The number of carbonyl (C=O) groups is 1. The third-order valence-electron chi connectivity index (χ3n) is 4.70. The van der Waals surface area contributed by atoms with E-state index >= 15 is 0 Å². The van der Waals surface area contributed by atoms with Gasteiger partial charge in [0.15, 0.2) is 6.61 Å². The van der Waals surface area contributed by atoms with Gasteiger partial charge in [-0.1, -0.05) is 24.3 Å². The molecule has 176 valence electrons. The number of hydrogen-bond donors (Lipinski definition) is 2. The number of anilines is 1. The topological polar surface area (TPSA) is 100 Å². The molecule has 0 atom stereocenters. The normalized spacial score (nSPS) is 11.7. The quantitative estimate of drug-likeness (QED) is 0.340. The summed E-state index contributed by atoms with van der Waals surface area (Å²) in [5, 5.41) is 12.1. The van der Waals surface area contributed by atoms with Crippen molar-refractivity contribution in [1.82, 2.24) is 9.97 Å².